The van der Waals surface area contributed by atoms with Crippen LogP contribution in [0.2, 0.25) is 0 Å². The third kappa shape index (κ3) is 2.30. The van der Waals surface area contributed by atoms with Crippen molar-refractivity contribution >= 4 is 32.7 Å². The number of fused-ring (bicyclic) bond motifs is 2. The number of pyridine rings is 1. The van der Waals surface area contributed by atoms with Gasteiger partial charge in [0.1, 0.15) is 5.52 Å². The van der Waals surface area contributed by atoms with Crippen molar-refractivity contribution in [2.75, 3.05) is 0 Å². The number of imidazole rings is 1. The van der Waals surface area contributed by atoms with Crippen LogP contribution in [0.15, 0.2) is 35.1 Å². The van der Waals surface area contributed by atoms with Crippen LogP contribution in [-0.4, -0.2) is 19.5 Å². The zero-order chi connectivity index (χ0) is 17.1. The Hall–Kier alpha value is -2.61. The van der Waals surface area contributed by atoms with E-state index >= 15 is 0 Å². The fraction of sp³-hybridized carbons (Fsp3) is 0.188. The van der Waals surface area contributed by atoms with E-state index in [1.807, 2.05) is 0 Å². The van der Waals surface area contributed by atoms with Crippen molar-refractivity contribution in [1.29, 1.82) is 0 Å². The molecule has 4 aromatic rings. The summed E-state index contributed by atoms with van der Waals surface area (Å²) in [6.07, 6.45) is 0. The highest BCUT2D eigenvalue weighted by molar-refractivity contribution is 7.16. The highest BCUT2D eigenvalue weighted by atomic mass is 32.1. The molecule has 1 N–H and O–H groups in total. The number of aryl methyl sites for hydroxylation is 1. The minimum absolute atomic E-state index is 0.187. The largest absolute Gasteiger partial charge is 0.312 e. The lowest BCUT2D eigenvalue weighted by molar-refractivity contribution is 0.00667. The van der Waals surface area contributed by atoms with Crippen molar-refractivity contribution in [2.24, 2.45) is 0 Å². The van der Waals surface area contributed by atoms with Gasteiger partial charge in [-0.15, -0.1) is 0 Å². The van der Waals surface area contributed by atoms with Crippen LogP contribution in [0.25, 0.3) is 27.1 Å². The van der Waals surface area contributed by atoms with E-state index in [0.717, 1.165) is 18.3 Å². The Morgan fingerprint density at radius 3 is 2.75 bits per heavy atom. The van der Waals surface area contributed by atoms with E-state index in [-0.39, 0.29) is 10.7 Å². The topological polar surface area (TPSA) is 63.6 Å². The summed E-state index contributed by atoms with van der Waals surface area (Å²) in [5.74, 6) is -3.51. The first kappa shape index (κ1) is 14.9. The monoisotopic (exact) mass is 346 g/mol. The van der Waals surface area contributed by atoms with Crippen LogP contribution in [0.1, 0.15) is 18.4 Å². The first-order valence-electron chi connectivity index (χ1n) is 7.20. The molecule has 24 heavy (non-hydrogen) atoms. The Morgan fingerprint density at radius 1 is 1.21 bits per heavy atom. The predicted molar refractivity (Wildman–Crippen MR) is 89.2 cm³/mol. The van der Waals surface area contributed by atoms with E-state index in [9.17, 15) is 13.6 Å². The molecule has 0 radical (unpaired) electrons. The van der Waals surface area contributed by atoms with Crippen molar-refractivity contribution in [3.05, 3.63) is 51.5 Å². The van der Waals surface area contributed by atoms with Gasteiger partial charge in [-0.3, -0.25) is 9.36 Å². The molecule has 0 spiro atoms. The molecule has 0 unspecified atom stereocenters. The van der Waals surface area contributed by atoms with Crippen LogP contribution in [0.3, 0.4) is 0 Å². The molecule has 8 heteroatoms. The standard InChI is InChI=1S/C16H12F2N4OS/c1-8-3-5-11-13(19-8)22(14(20-11)16(2,17)18)9-4-6-10-12(7-9)24-15(23)21-10/h3-7H,1-2H3,(H,21,23). The van der Waals surface area contributed by atoms with E-state index in [1.54, 1.807) is 37.3 Å². The van der Waals surface area contributed by atoms with E-state index in [0.29, 0.717) is 32.8 Å². The maximum Gasteiger partial charge on any atom is 0.305 e. The normalized spacial score (nSPS) is 12.3. The Balaban J connectivity index is 2.08. The van der Waals surface area contributed by atoms with Gasteiger partial charge in [-0.1, -0.05) is 11.3 Å². The number of thiazole rings is 1. The van der Waals surface area contributed by atoms with Gasteiger partial charge in [-0.05, 0) is 37.3 Å². The maximum absolute atomic E-state index is 14.1. The first-order chi connectivity index (χ1) is 11.3. The zero-order valence-electron chi connectivity index (χ0n) is 12.8. The Bertz CT molecular complexity index is 1140. The number of halogens is 2. The maximum atomic E-state index is 14.1. The predicted octanol–water partition coefficient (Wildman–Crippen LogP) is 3.74. The summed E-state index contributed by atoms with van der Waals surface area (Å²) in [6, 6.07) is 8.47. The number of nitrogens with one attached hydrogen (secondary N) is 1. The minimum atomic E-state index is -3.13. The fourth-order valence-corrected chi connectivity index (χ4v) is 3.43. The summed E-state index contributed by atoms with van der Waals surface area (Å²) < 4.78 is 30.2. The summed E-state index contributed by atoms with van der Waals surface area (Å²) >= 11 is 1.03. The van der Waals surface area contributed by atoms with Gasteiger partial charge in [0.15, 0.2) is 11.5 Å². The van der Waals surface area contributed by atoms with Crippen LogP contribution in [0, 0.1) is 6.92 Å². The van der Waals surface area contributed by atoms with E-state index < -0.39 is 5.92 Å². The summed E-state index contributed by atoms with van der Waals surface area (Å²) in [6.45, 7) is 2.60. The lowest BCUT2D eigenvalue weighted by Gasteiger charge is -2.13. The minimum Gasteiger partial charge on any atom is -0.312 e. The number of H-pyrrole nitrogens is 1. The molecule has 0 atom stereocenters. The highest BCUT2D eigenvalue weighted by Gasteiger charge is 2.33. The van der Waals surface area contributed by atoms with Crippen molar-refractivity contribution in [3.63, 3.8) is 0 Å². The summed E-state index contributed by atoms with van der Waals surface area (Å²) in [4.78, 5) is 22.4. The lowest BCUT2D eigenvalue weighted by Crippen LogP contribution is -2.15. The number of nitrogens with zero attached hydrogens (tertiary/aromatic N) is 3. The molecule has 0 saturated heterocycles. The zero-order valence-corrected chi connectivity index (χ0v) is 13.6. The molecule has 122 valence electrons. The van der Waals surface area contributed by atoms with Crippen LogP contribution in [0.4, 0.5) is 8.78 Å². The molecule has 0 amide bonds. The molecule has 3 heterocycles. The quantitative estimate of drug-likeness (QED) is 0.601. The van der Waals surface area contributed by atoms with Crippen LogP contribution in [0.5, 0.6) is 0 Å². The van der Waals surface area contributed by atoms with Gasteiger partial charge in [0.05, 0.1) is 15.9 Å². The molecule has 1 aromatic carbocycles. The molecule has 0 fully saturated rings. The summed E-state index contributed by atoms with van der Waals surface area (Å²) in [7, 11) is 0. The van der Waals surface area contributed by atoms with Gasteiger partial charge in [0, 0.05) is 12.6 Å². The smallest absolute Gasteiger partial charge is 0.305 e. The Kier molecular flexibility index (Phi) is 3.08. The Labute approximate surface area is 138 Å². The molecule has 4 rings (SSSR count). The third-order valence-corrected chi connectivity index (χ3v) is 4.54. The van der Waals surface area contributed by atoms with Crippen molar-refractivity contribution in [3.8, 4) is 5.69 Å². The van der Waals surface area contributed by atoms with Crippen molar-refractivity contribution < 1.29 is 8.78 Å². The Morgan fingerprint density at radius 2 is 2.00 bits per heavy atom. The second-order valence-corrected chi connectivity index (χ2v) is 6.66. The van der Waals surface area contributed by atoms with Gasteiger partial charge < -0.3 is 4.98 Å². The number of rotatable bonds is 2. The number of hydrogen-bond donors (Lipinski definition) is 1. The number of aromatic nitrogens is 4. The second kappa shape index (κ2) is 4.94. The van der Waals surface area contributed by atoms with Gasteiger partial charge in [-0.2, -0.15) is 8.78 Å². The molecule has 0 aliphatic rings. The van der Waals surface area contributed by atoms with Crippen LogP contribution in [-0.2, 0) is 5.92 Å². The van der Waals surface area contributed by atoms with Crippen LogP contribution < -0.4 is 4.87 Å². The van der Waals surface area contributed by atoms with Gasteiger partial charge in [0.2, 0.25) is 0 Å². The molecule has 5 nitrogen and oxygen atoms in total. The number of alkyl halides is 2. The van der Waals surface area contributed by atoms with Crippen LogP contribution >= 0.6 is 11.3 Å². The highest BCUT2D eigenvalue weighted by Crippen LogP contribution is 2.32. The number of aromatic amines is 1. The number of benzene rings is 1. The van der Waals surface area contributed by atoms with E-state index in [2.05, 4.69) is 15.0 Å². The first-order valence-corrected chi connectivity index (χ1v) is 8.02. The average Bonchev–Trinajstić information content (AvgIpc) is 3.04. The fourth-order valence-electron chi connectivity index (χ4n) is 2.66. The average molecular weight is 346 g/mol. The SMILES string of the molecule is Cc1ccc2nc(C(C)(F)F)n(-c3ccc4[nH]c(=O)sc4c3)c2n1. The van der Waals surface area contributed by atoms with E-state index in [4.69, 9.17) is 0 Å². The van der Waals surface area contributed by atoms with Gasteiger partial charge in [0.25, 0.3) is 0 Å². The van der Waals surface area contributed by atoms with Gasteiger partial charge in [-0.25, -0.2) is 9.97 Å². The molecule has 0 bridgehead atoms. The van der Waals surface area contributed by atoms with Crippen molar-refractivity contribution in [1.82, 2.24) is 19.5 Å². The lowest BCUT2D eigenvalue weighted by atomic mass is 10.2. The van der Waals surface area contributed by atoms with E-state index in [1.165, 1.54) is 4.57 Å². The molecular formula is C16H12F2N4OS. The molecular weight excluding hydrogens is 334 g/mol. The second-order valence-electron chi connectivity index (χ2n) is 5.65. The van der Waals surface area contributed by atoms with Crippen molar-refractivity contribution in [2.45, 2.75) is 19.8 Å². The molecule has 0 saturated carbocycles. The summed E-state index contributed by atoms with van der Waals surface area (Å²) in [5, 5.41) is 0. The molecule has 0 aliphatic heterocycles. The molecule has 3 aromatic heterocycles. The number of hydrogen-bond acceptors (Lipinski definition) is 4. The summed E-state index contributed by atoms with van der Waals surface area (Å²) in [5.41, 5.74) is 2.65. The third-order valence-electron chi connectivity index (χ3n) is 3.70. The van der Waals surface area contributed by atoms with Gasteiger partial charge >= 0.3 is 10.8 Å². The molecule has 0 aliphatic carbocycles.